The Morgan fingerprint density at radius 2 is 1.10 bits per heavy atom. The lowest BCUT2D eigenvalue weighted by Gasteiger charge is -2.06. The molecule has 2 rings (SSSR count). The maximum absolute atomic E-state index is 9.10. The Morgan fingerprint density at radius 3 is 1.58 bits per heavy atom. The third-order valence-corrected chi connectivity index (χ3v) is 5.33. The van der Waals surface area contributed by atoms with E-state index in [9.17, 15) is 0 Å². The topological polar surface area (TPSA) is 74.4 Å². The summed E-state index contributed by atoms with van der Waals surface area (Å²) in [5, 5.41) is 26.6. The lowest BCUT2D eigenvalue weighted by atomic mass is 9.80. The van der Waals surface area contributed by atoms with Crippen LogP contribution in [-0.4, -0.2) is 23.8 Å². The Balaban J connectivity index is 1.55. The summed E-state index contributed by atoms with van der Waals surface area (Å²) in [6.07, 6.45) is 14.7. The number of azo groups is 1. The first kappa shape index (κ1) is 25.1. The van der Waals surface area contributed by atoms with E-state index in [1.54, 1.807) is 24.3 Å². The van der Waals surface area contributed by atoms with Crippen molar-refractivity contribution in [3.63, 3.8) is 0 Å². The van der Waals surface area contributed by atoms with Gasteiger partial charge in [0.05, 0.1) is 18.0 Å². The molecule has 2 N–H and O–H groups in total. The van der Waals surface area contributed by atoms with Gasteiger partial charge >= 0.3 is 7.12 Å². The minimum Gasteiger partial charge on any atom is -0.494 e. The zero-order chi connectivity index (χ0) is 22.2. The molecule has 168 valence electrons. The molecule has 0 amide bonds. The van der Waals surface area contributed by atoms with E-state index < -0.39 is 7.12 Å². The third kappa shape index (κ3) is 11.1. The first-order valence-electron chi connectivity index (χ1n) is 11.8. The van der Waals surface area contributed by atoms with Gasteiger partial charge in [-0.15, -0.1) is 0 Å². The fraction of sp³-hybridized carbons (Fsp3) is 0.520. The maximum atomic E-state index is 9.10. The molecular formula is C25H37BN2O3. The molecule has 31 heavy (non-hydrogen) atoms. The Hall–Kier alpha value is -2.18. The van der Waals surface area contributed by atoms with Crippen molar-refractivity contribution in [1.82, 2.24) is 0 Å². The molecule has 0 spiro atoms. The van der Waals surface area contributed by atoms with E-state index in [0.29, 0.717) is 11.2 Å². The summed E-state index contributed by atoms with van der Waals surface area (Å²) in [5.74, 6) is 0.854. The normalized spacial score (nSPS) is 11.2. The second-order valence-electron chi connectivity index (χ2n) is 8.04. The molecular weight excluding hydrogens is 387 g/mol. The second kappa shape index (κ2) is 15.6. The van der Waals surface area contributed by atoms with Gasteiger partial charge in [-0.25, -0.2) is 0 Å². The molecule has 2 aromatic carbocycles. The first-order chi connectivity index (χ1) is 15.2. The molecule has 0 saturated carbocycles. The molecule has 5 nitrogen and oxygen atoms in total. The molecule has 0 aliphatic carbocycles. The summed E-state index contributed by atoms with van der Waals surface area (Å²) in [5.41, 5.74) is 1.83. The van der Waals surface area contributed by atoms with Gasteiger partial charge in [-0.3, -0.25) is 0 Å². The Labute approximate surface area is 187 Å². The highest BCUT2D eigenvalue weighted by molar-refractivity contribution is 6.58. The molecule has 0 aliphatic heterocycles. The summed E-state index contributed by atoms with van der Waals surface area (Å²) < 4.78 is 5.82. The molecule has 0 aliphatic rings. The number of nitrogens with zero attached hydrogens (tertiary/aromatic N) is 2. The fourth-order valence-corrected chi connectivity index (χ4v) is 3.39. The Morgan fingerprint density at radius 1 is 0.645 bits per heavy atom. The van der Waals surface area contributed by atoms with E-state index in [1.165, 1.54) is 64.2 Å². The van der Waals surface area contributed by atoms with Gasteiger partial charge in [-0.1, -0.05) is 83.3 Å². The van der Waals surface area contributed by atoms with Crippen LogP contribution in [0.3, 0.4) is 0 Å². The van der Waals surface area contributed by atoms with Gasteiger partial charge in [-0.2, -0.15) is 10.2 Å². The molecule has 0 unspecified atom stereocenters. The van der Waals surface area contributed by atoms with E-state index in [-0.39, 0.29) is 0 Å². The van der Waals surface area contributed by atoms with Gasteiger partial charge < -0.3 is 14.8 Å². The zero-order valence-electron chi connectivity index (χ0n) is 18.9. The van der Waals surface area contributed by atoms with E-state index in [4.69, 9.17) is 14.8 Å². The highest BCUT2D eigenvalue weighted by Gasteiger charge is 2.09. The van der Waals surface area contributed by atoms with Crippen LogP contribution in [0, 0.1) is 0 Å². The summed E-state index contributed by atoms with van der Waals surface area (Å²) in [4.78, 5) is 0. The monoisotopic (exact) mass is 424 g/mol. The molecule has 0 saturated heterocycles. The summed E-state index contributed by atoms with van der Waals surface area (Å²) in [7, 11) is -1.47. The lowest BCUT2D eigenvalue weighted by molar-refractivity contribution is 0.304. The maximum Gasteiger partial charge on any atom is 0.488 e. The molecule has 0 fully saturated rings. The number of ether oxygens (including phenoxy) is 1. The van der Waals surface area contributed by atoms with Crippen molar-refractivity contribution in [1.29, 1.82) is 0 Å². The molecule has 0 radical (unpaired) electrons. The zero-order valence-corrected chi connectivity index (χ0v) is 18.9. The van der Waals surface area contributed by atoms with Crippen molar-refractivity contribution in [2.24, 2.45) is 10.2 Å². The predicted octanol–water partition coefficient (Wildman–Crippen LogP) is 6.47. The van der Waals surface area contributed by atoms with Crippen molar-refractivity contribution >= 4 is 24.0 Å². The molecule has 0 bridgehead atoms. The molecule has 0 aromatic heterocycles. The third-order valence-electron chi connectivity index (χ3n) is 5.33. The molecule has 0 atom stereocenters. The van der Waals surface area contributed by atoms with Crippen LogP contribution in [0.2, 0.25) is 0 Å². The van der Waals surface area contributed by atoms with Gasteiger partial charge in [0.2, 0.25) is 0 Å². The van der Waals surface area contributed by atoms with Crippen LogP contribution >= 0.6 is 0 Å². The van der Waals surface area contributed by atoms with Crippen LogP contribution in [0.5, 0.6) is 5.75 Å². The summed E-state index contributed by atoms with van der Waals surface area (Å²) in [6, 6.07) is 14.2. The average molecular weight is 424 g/mol. The molecule has 0 heterocycles. The smallest absolute Gasteiger partial charge is 0.488 e. The van der Waals surface area contributed by atoms with Crippen molar-refractivity contribution < 1.29 is 14.8 Å². The molecule has 2 aromatic rings. The number of hydrogen-bond acceptors (Lipinski definition) is 5. The van der Waals surface area contributed by atoms with Crippen LogP contribution in [0.25, 0.3) is 0 Å². The summed E-state index contributed by atoms with van der Waals surface area (Å²) >= 11 is 0. The number of hydrogen-bond donors (Lipinski definition) is 2. The van der Waals surface area contributed by atoms with E-state index in [0.717, 1.165) is 24.5 Å². The lowest BCUT2D eigenvalue weighted by Crippen LogP contribution is -2.29. The van der Waals surface area contributed by atoms with Crippen LogP contribution < -0.4 is 10.2 Å². The van der Waals surface area contributed by atoms with Gasteiger partial charge in [-0.05, 0) is 48.3 Å². The van der Waals surface area contributed by atoms with E-state index in [1.807, 2.05) is 24.3 Å². The van der Waals surface area contributed by atoms with E-state index in [2.05, 4.69) is 17.2 Å². The minimum atomic E-state index is -1.47. The van der Waals surface area contributed by atoms with Crippen LogP contribution in [0.4, 0.5) is 11.4 Å². The van der Waals surface area contributed by atoms with Gasteiger partial charge in [0.25, 0.3) is 0 Å². The van der Waals surface area contributed by atoms with Crippen LogP contribution in [0.15, 0.2) is 58.8 Å². The molecule has 6 heteroatoms. The summed E-state index contributed by atoms with van der Waals surface area (Å²) in [6.45, 7) is 3.02. The van der Waals surface area contributed by atoms with Crippen molar-refractivity contribution in [2.75, 3.05) is 6.61 Å². The van der Waals surface area contributed by atoms with Crippen molar-refractivity contribution in [3.05, 3.63) is 48.5 Å². The first-order valence-corrected chi connectivity index (χ1v) is 11.8. The van der Waals surface area contributed by atoms with Gasteiger partial charge in [0, 0.05) is 0 Å². The number of unbranched alkanes of at least 4 members (excludes halogenated alkanes) is 10. The fourth-order valence-electron chi connectivity index (χ4n) is 3.39. The van der Waals surface area contributed by atoms with Crippen molar-refractivity contribution in [3.8, 4) is 5.75 Å². The average Bonchev–Trinajstić information content (AvgIpc) is 2.79. The predicted molar refractivity (Wildman–Crippen MR) is 129 cm³/mol. The van der Waals surface area contributed by atoms with E-state index >= 15 is 0 Å². The standard InChI is InChI=1S/C25H37BN2O3/c1-2-3-4-5-6-7-8-9-10-11-12-21-31-25-19-17-24(18-20-25)28-27-23-15-13-22(14-16-23)26(29)30/h13-20,29-30H,2-12,21H2,1H3. The van der Waals surface area contributed by atoms with Crippen LogP contribution in [-0.2, 0) is 0 Å². The van der Waals surface area contributed by atoms with Crippen LogP contribution in [0.1, 0.15) is 77.6 Å². The second-order valence-corrected chi connectivity index (χ2v) is 8.04. The van der Waals surface area contributed by atoms with Gasteiger partial charge in [0.15, 0.2) is 0 Å². The highest BCUT2D eigenvalue weighted by atomic mass is 16.5. The Bertz CT molecular complexity index is 733. The van der Waals surface area contributed by atoms with Gasteiger partial charge in [0.1, 0.15) is 5.75 Å². The Kier molecular flexibility index (Phi) is 12.6. The highest BCUT2D eigenvalue weighted by Crippen LogP contribution is 2.21. The number of rotatable bonds is 16. The van der Waals surface area contributed by atoms with Crippen molar-refractivity contribution in [2.45, 2.75) is 77.6 Å². The quantitative estimate of drug-likeness (QED) is 0.184. The number of benzene rings is 2. The SMILES string of the molecule is CCCCCCCCCCCCCOc1ccc(N=Nc2ccc(B(O)O)cc2)cc1. The largest absolute Gasteiger partial charge is 0.494 e. The minimum absolute atomic E-state index is 0.429.